The molecule has 0 unspecified atom stereocenters. The first-order valence-corrected chi connectivity index (χ1v) is 9.42. The van der Waals surface area contributed by atoms with E-state index in [1.807, 2.05) is 50.4 Å². The number of benzene rings is 2. The minimum atomic E-state index is -0.203. The maximum atomic E-state index is 12.8. The summed E-state index contributed by atoms with van der Waals surface area (Å²) in [5, 5.41) is 7.47. The van der Waals surface area contributed by atoms with Gasteiger partial charge in [-0.25, -0.2) is 4.98 Å². The lowest BCUT2D eigenvalue weighted by Crippen LogP contribution is -2.15. The number of hydrogen-bond acceptors (Lipinski definition) is 4. The topological polar surface area (TPSA) is 73.0 Å². The molecule has 2 aromatic heterocycles. The van der Waals surface area contributed by atoms with Gasteiger partial charge >= 0.3 is 0 Å². The zero-order valence-corrected chi connectivity index (χ0v) is 16.9. The average molecular weight is 437 g/mol. The molecule has 140 valence electrons. The van der Waals surface area contributed by atoms with Gasteiger partial charge in [0.2, 0.25) is 0 Å². The molecule has 0 aliphatic carbocycles. The first kappa shape index (κ1) is 18.2. The second kappa shape index (κ2) is 7.44. The summed E-state index contributed by atoms with van der Waals surface area (Å²) in [5.41, 5.74) is 4.15. The standard InChI is InChI=1S/C21H17BrN4O2/c1-13-19(15-7-9-17(22)10-8-15)20(26(2)25-13)24-21(27)16-5-3-14(4-6-16)18-11-23-12-28-18/h3-12H,1-2H3,(H,24,27). The van der Waals surface area contributed by atoms with Crippen LogP contribution < -0.4 is 5.32 Å². The normalized spacial score (nSPS) is 10.8. The monoisotopic (exact) mass is 436 g/mol. The Hall–Kier alpha value is -3.19. The van der Waals surface area contributed by atoms with E-state index in [-0.39, 0.29) is 5.91 Å². The molecule has 0 aliphatic heterocycles. The first-order chi connectivity index (χ1) is 13.5. The Bertz CT molecular complexity index is 1110. The van der Waals surface area contributed by atoms with Crippen LogP contribution >= 0.6 is 15.9 Å². The van der Waals surface area contributed by atoms with Crippen LogP contribution in [0, 0.1) is 6.92 Å². The molecule has 0 saturated carbocycles. The van der Waals surface area contributed by atoms with E-state index in [1.54, 1.807) is 23.0 Å². The summed E-state index contributed by atoms with van der Waals surface area (Å²) in [6, 6.07) is 15.1. The predicted molar refractivity (Wildman–Crippen MR) is 111 cm³/mol. The SMILES string of the molecule is Cc1nn(C)c(NC(=O)c2ccc(-c3cnco3)cc2)c1-c1ccc(Br)cc1. The molecule has 0 radical (unpaired) electrons. The van der Waals surface area contributed by atoms with Crippen molar-refractivity contribution >= 4 is 27.7 Å². The van der Waals surface area contributed by atoms with Gasteiger partial charge < -0.3 is 9.73 Å². The number of hydrogen-bond donors (Lipinski definition) is 1. The van der Waals surface area contributed by atoms with E-state index < -0.39 is 0 Å². The maximum Gasteiger partial charge on any atom is 0.256 e. The lowest BCUT2D eigenvalue weighted by Gasteiger charge is -2.10. The van der Waals surface area contributed by atoms with Gasteiger partial charge in [-0.05, 0) is 36.8 Å². The fourth-order valence-electron chi connectivity index (χ4n) is 3.09. The van der Waals surface area contributed by atoms with Gasteiger partial charge in [0, 0.05) is 28.2 Å². The number of nitrogens with zero attached hydrogens (tertiary/aromatic N) is 3. The third kappa shape index (κ3) is 3.48. The highest BCUT2D eigenvalue weighted by Gasteiger charge is 2.18. The zero-order chi connectivity index (χ0) is 19.7. The van der Waals surface area contributed by atoms with Gasteiger partial charge in [-0.3, -0.25) is 9.48 Å². The fraction of sp³-hybridized carbons (Fsp3) is 0.0952. The first-order valence-electron chi connectivity index (χ1n) is 8.63. The van der Waals surface area contributed by atoms with Crippen LogP contribution in [0.4, 0.5) is 5.82 Å². The Labute approximate surface area is 170 Å². The second-order valence-electron chi connectivity index (χ2n) is 6.34. The summed E-state index contributed by atoms with van der Waals surface area (Å²) in [5.74, 6) is 1.11. The molecule has 0 aliphatic rings. The van der Waals surface area contributed by atoms with Crippen molar-refractivity contribution < 1.29 is 9.21 Å². The van der Waals surface area contributed by atoms with E-state index in [0.717, 1.165) is 26.9 Å². The maximum absolute atomic E-state index is 12.8. The van der Waals surface area contributed by atoms with Crippen LogP contribution in [0.15, 0.2) is 70.0 Å². The van der Waals surface area contributed by atoms with Crippen LogP contribution in [-0.4, -0.2) is 20.7 Å². The molecule has 0 fully saturated rings. The Balaban J connectivity index is 1.62. The van der Waals surface area contributed by atoms with Gasteiger partial charge in [-0.1, -0.05) is 40.2 Å². The Morgan fingerprint density at radius 3 is 2.39 bits per heavy atom. The molecule has 4 aromatic rings. The lowest BCUT2D eigenvalue weighted by molar-refractivity contribution is 0.102. The van der Waals surface area contributed by atoms with Crippen molar-refractivity contribution in [3.05, 3.63) is 76.9 Å². The number of aromatic nitrogens is 3. The molecule has 0 bridgehead atoms. The third-order valence-electron chi connectivity index (χ3n) is 4.45. The van der Waals surface area contributed by atoms with E-state index >= 15 is 0 Å². The summed E-state index contributed by atoms with van der Waals surface area (Å²) in [6.07, 6.45) is 3.02. The van der Waals surface area contributed by atoms with Crippen molar-refractivity contribution in [2.24, 2.45) is 7.05 Å². The van der Waals surface area contributed by atoms with Crippen LogP contribution in [0.3, 0.4) is 0 Å². The number of anilines is 1. The van der Waals surface area contributed by atoms with Crippen LogP contribution in [0.1, 0.15) is 16.1 Å². The van der Waals surface area contributed by atoms with Gasteiger partial charge in [0.1, 0.15) is 5.82 Å². The van der Waals surface area contributed by atoms with Crippen molar-refractivity contribution in [3.8, 4) is 22.5 Å². The number of carbonyl (C=O) groups is 1. The van der Waals surface area contributed by atoms with Crippen molar-refractivity contribution in [2.75, 3.05) is 5.32 Å². The molecule has 2 heterocycles. The van der Waals surface area contributed by atoms with Crippen LogP contribution in [-0.2, 0) is 7.05 Å². The highest BCUT2D eigenvalue weighted by molar-refractivity contribution is 9.10. The Kier molecular flexibility index (Phi) is 4.83. The summed E-state index contributed by atoms with van der Waals surface area (Å²) in [6.45, 7) is 1.93. The van der Waals surface area contributed by atoms with Gasteiger partial charge in [0.25, 0.3) is 5.91 Å². The molecule has 1 amide bonds. The summed E-state index contributed by atoms with van der Waals surface area (Å²) in [4.78, 5) is 16.7. The molecule has 0 atom stereocenters. The molecule has 28 heavy (non-hydrogen) atoms. The molecule has 0 saturated heterocycles. The number of carbonyl (C=O) groups excluding carboxylic acids is 1. The highest BCUT2D eigenvalue weighted by Crippen LogP contribution is 2.32. The number of halogens is 1. The number of nitrogens with one attached hydrogen (secondary N) is 1. The zero-order valence-electron chi connectivity index (χ0n) is 15.3. The predicted octanol–water partition coefficient (Wildman–Crippen LogP) is 5.07. The molecular formula is C21H17BrN4O2. The number of amides is 1. The van der Waals surface area contributed by atoms with Gasteiger partial charge in [-0.15, -0.1) is 0 Å². The minimum absolute atomic E-state index is 0.203. The summed E-state index contributed by atoms with van der Waals surface area (Å²) >= 11 is 3.45. The number of rotatable bonds is 4. The largest absolute Gasteiger partial charge is 0.444 e. The van der Waals surface area contributed by atoms with E-state index in [1.165, 1.54) is 6.39 Å². The number of oxazole rings is 1. The Morgan fingerprint density at radius 2 is 1.75 bits per heavy atom. The molecule has 1 N–H and O–H groups in total. The Morgan fingerprint density at radius 1 is 1.07 bits per heavy atom. The van der Waals surface area contributed by atoms with Crippen molar-refractivity contribution in [2.45, 2.75) is 6.92 Å². The van der Waals surface area contributed by atoms with E-state index in [2.05, 4.69) is 31.3 Å². The van der Waals surface area contributed by atoms with E-state index in [0.29, 0.717) is 17.1 Å². The molecule has 7 heteroatoms. The van der Waals surface area contributed by atoms with E-state index in [9.17, 15) is 4.79 Å². The average Bonchev–Trinajstić information content (AvgIpc) is 3.32. The van der Waals surface area contributed by atoms with Gasteiger partial charge in [0.15, 0.2) is 12.2 Å². The van der Waals surface area contributed by atoms with Gasteiger partial charge in [-0.2, -0.15) is 5.10 Å². The quantitative estimate of drug-likeness (QED) is 0.484. The lowest BCUT2D eigenvalue weighted by atomic mass is 10.1. The number of aryl methyl sites for hydroxylation is 2. The summed E-state index contributed by atoms with van der Waals surface area (Å²) < 4.78 is 7.96. The van der Waals surface area contributed by atoms with Crippen molar-refractivity contribution in [1.29, 1.82) is 0 Å². The molecular weight excluding hydrogens is 420 g/mol. The van der Waals surface area contributed by atoms with E-state index in [4.69, 9.17) is 4.42 Å². The fourth-order valence-corrected chi connectivity index (χ4v) is 3.35. The van der Waals surface area contributed by atoms with Crippen LogP contribution in [0.25, 0.3) is 22.5 Å². The third-order valence-corrected chi connectivity index (χ3v) is 4.98. The minimum Gasteiger partial charge on any atom is -0.444 e. The van der Waals surface area contributed by atoms with Crippen LogP contribution in [0.5, 0.6) is 0 Å². The highest BCUT2D eigenvalue weighted by atomic mass is 79.9. The molecule has 0 spiro atoms. The smallest absolute Gasteiger partial charge is 0.256 e. The second-order valence-corrected chi connectivity index (χ2v) is 7.25. The molecule has 4 rings (SSSR count). The van der Waals surface area contributed by atoms with Crippen molar-refractivity contribution in [1.82, 2.24) is 14.8 Å². The molecule has 2 aromatic carbocycles. The van der Waals surface area contributed by atoms with Crippen molar-refractivity contribution in [3.63, 3.8) is 0 Å². The van der Waals surface area contributed by atoms with Gasteiger partial charge in [0.05, 0.1) is 11.9 Å². The van der Waals surface area contributed by atoms with Crippen LogP contribution in [0.2, 0.25) is 0 Å². The summed E-state index contributed by atoms with van der Waals surface area (Å²) in [7, 11) is 1.82. The molecule has 6 nitrogen and oxygen atoms in total.